The number of allylic oxidation sites excluding steroid dienone is 1. The predicted octanol–water partition coefficient (Wildman–Crippen LogP) is 2.09. The molecule has 2 rings (SSSR count). The lowest BCUT2D eigenvalue weighted by Gasteiger charge is -2.25. The van der Waals surface area contributed by atoms with Gasteiger partial charge in [0.25, 0.3) is 5.91 Å². The second kappa shape index (κ2) is 4.92. The van der Waals surface area contributed by atoms with E-state index in [0.717, 1.165) is 29.7 Å². The van der Waals surface area contributed by atoms with Gasteiger partial charge in [-0.05, 0) is 40.0 Å². The number of rotatable bonds is 1. The fraction of sp³-hybridized carbons (Fsp3) is 0.643. The molecule has 2 aliphatic rings. The number of hydrogen-bond donors (Lipinski definition) is 1. The molecule has 110 valence electrons. The number of carbonyl (C=O) groups is 3. The summed E-state index contributed by atoms with van der Waals surface area (Å²) < 4.78 is 5.13. The molecule has 1 saturated heterocycles. The van der Waals surface area contributed by atoms with Crippen molar-refractivity contribution in [2.75, 3.05) is 0 Å². The molecule has 1 saturated carbocycles. The smallest absolute Gasteiger partial charge is 0.418 e. The molecular weight excluding hydrogens is 262 g/mol. The summed E-state index contributed by atoms with van der Waals surface area (Å²) in [5, 5.41) is 9.21. The van der Waals surface area contributed by atoms with Gasteiger partial charge >= 0.3 is 12.1 Å². The number of aliphatic carboxylic acids is 1. The Hall–Kier alpha value is -1.85. The zero-order chi connectivity index (χ0) is 15.1. The summed E-state index contributed by atoms with van der Waals surface area (Å²) in [5.74, 6) is -1.69. The first-order valence-corrected chi connectivity index (χ1v) is 6.71. The van der Waals surface area contributed by atoms with Crippen LogP contribution in [0.4, 0.5) is 4.79 Å². The van der Waals surface area contributed by atoms with E-state index in [1.54, 1.807) is 20.8 Å². The van der Waals surface area contributed by atoms with Crippen LogP contribution in [0.15, 0.2) is 11.1 Å². The van der Waals surface area contributed by atoms with Crippen molar-refractivity contribution in [2.45, 2.75) is 58.1 Å². The minimum absolute atomic E-state index is 0.0861. The molecule has 1 aliphatic heterocycles. The molecule has 0 aromatic carbocycles. The molecule has 0 aromatic rings. The Bertz CT molecular complexity index is 494. The Morgan fingerprint density at radius 1 is 1.30 bits per heavy atom. The van der Waals surface area contributed by atoms with Gasteiger partial charge in [0.1, 0.15) is 11.6 Å². The summed E-state index contributed by atoms with van der Waals surface area (Å²) in [6.45, 7) is 5.02. The highest BCUT2D eigenvalue weighted by Gasteiger charge is 2.46. The van der Waals surface area contributed by atoms with Gasteiger partial charge in [0.2, 0.25) is 0 Å². The van der Waals surface area contributed by atoms with E-state index >= 15 is 0 Å². The number of likely N-dealkylation sites (tertiary alicyclic amines) is 1. The third-order valence-electron chi connectivity index (χ3n) is 3.45. The van der Waals surface area contributed by atoms with E-state index in [4.69, 9.17) is 4.74 Å². The van der Waals surface area contributed by atoms with Crippen molar-refractivity contribution in [1.82, 2.24) is 4.90 Å². The fourth-order valence-electron chi connectivity index (χ4n) is 2.33. The molecule has 1 N–H and O–H groups in total. The first kappa shape index (κ1) is 14.6. The van der Waals surface area contributed by atoms with Crippen molar-refractivity contribution in [3.8, 4) is 0 Å². The van der Waals surface area contributed by atoms with Crippen LogP contribution in [0.2, 0.25) is 0 Å². The van der Waals surface area contributed by atoms with E-state index in [1.165, 1.54) is 0 Å². The number of carboxylic acid groups (broad SMARTS) is 1. The van der Waals surface area contributed by atoms with Crippen molar-refractivity contribution in [1.29, 1.82) is 0 Å². The molecule has 1 heterocycles. The van der Waals surface area contributed by atoms with Gasteiger partial charge in [-0.2, -0.15) is 0 Å². The zero-order valence-electron chi connectivity index (χ0n) is 11.9. The Balaban J connectivity index is 2.27. The van der Waals surface area contributed by atoms with Crippen molar-refractivity contribution in [3.05, 3.63) is 11.1 Å². The molecule has 1 aliphatic carbocycles. The van der Waals surface area contributed by atoms with Crippen molar-refractivity contribution >= 4 is 18.0 Å². The Labute approximate surface area is 117 Å². The number of ether oxygens (including phenoxy) is 1. The molecular formula is C14H19NO5. The molecule has 1 atom stereocenters. The monoisotopic (exact) mass is 281 g/mol. The van der Waals surface area contributed by atoms with E-state index in [-0.39, 0.29) is 6.42 Å². The largest absolute Gasteiger partial charge is 0.480 e. The first-order valence-electron chi connectivity index (χ1n) is 6.71. The fourth-order valence-corrected chi connectivity index (χ4v) is 2.33. The quantitative estimate of drug-likeness (QED) is 0.744. The SMILES string of the molecule is CC(C)(C)OC(=O)N1C(=O)C(=C2CCC2)C[C@H]1C(=O)O. The van der Waals surface area contributed by atoms with E-state index < -0.39 is 29.6 Å². The maximum atomic E-state index is 12.3. The Morgan fingerprint density at radius 3 is 2.30 bits per heavy atom. The lowest BCUT2D eigenvalue weighted by Crippen LogP contribution is -2.45. The van der Waals surface area contributed by atoms with Crippen LogP contribution in [-0.2, 0) is 14.3 Å². The first-order chi connectivity index (χ1) is 9.20. The molecule has 2 amide bonds. The summed E-state index contributed by atoms with van der Waals surface area (Å²) in [7, 11) is 0. The maximum Gasteiger partial charge on any atom is 0.418 e. The van der Waals surface area contributed by atoms with Crippen LogP contribution < -0.4 is 0 Å². The Morgan fingerprint density at radius 2 is 1.90 bits per heavy atom. The maximum absolute atomic E-state index is 12.3. The molecule has 6 nitrogen and oxygen atoms in total. The number of carboxylic acids is 1. The number of nitrogens with zero attached hydrogens (tertiary/aromatic N) is 1. The van der Waals surface area contributed by atoms with Crippen molar-refractivity contribution in [2.24, 2.45) is 0 Å². The van der Waals surface area contributed by atoms with Crippen LogP contribution in [-0.4, -0.2) is 39.6 Å². The number of hydrogen-bond acceptors (Lipinski definition) is 4. The van der Waals surface area contributed by atoms with E-state index in [1.807, 2.05) is 0 Å². The van der Waals surface area contributed by atoms with Gasteiger partial charge in [0.15, 0.2) is 0 Å². The lowest BCUT2D eigenvalue weighted by molar-refractivity contribution is -0.145. The molecule has 0 radical (unpaired) electrons. The molecule has 20 heavy (non-hydrogen) atoms. The molecule has 6 heteroatoms. The summed E-state index contributed by atoms with van der Waals surface area (Å²) in [4.78, 5) is 36.4. The van der Waals surface area contributed by atoms with E-state index in [9.17, 15) is 19.5 Å². The van der Waals surface area contributed by atoms with Crippen LogP contribution in [0, 0.1) is 0 Å². The van der Waals surface area contributed by atoms with Crippen LogP contribution in [0.25, 0.3) is 0 Å². The molecule has 0 spiro atoms. The standard InChI is InChI=1S/C14H19NO5/c1-14(2,3)20-13(19)15-10(12(17)18)7-9(11(15)16)8-5-4-6-8/h10H,4-7H2,1-3H3,(H,17,18)/t10-/m0/s1. The third kappa shape index (κ3) is 2.69. The third-order valence-corrected chi connectivity index (χ3v) is 3.45. The van der Waals surface area contributed by atoms with Gasteiger partial charge in [-0.15, -0.1) is 0 Å². The van der Waals surface area contributed by atoms with Crippen LogP contribution in [0.1, 0.15) is 46.5 Å². The predicted molar refractivity (Wildman–Crippen MR) is 70.0 cm³/mol. The highest BCUT2D eigenvalue weighted by atomic mass is 16.6. The Kier molecular flexibility index (Phi) is 3.58. The molecule has 0 aromatic heterocycles. The van der Waals surface area contributed by atoms with Crippen LogP contribution >= 0.6 is 0 Å². The summed E-state index contributed by atoms with van der Waals surface area (Å²) >= 11 is 0. The number of amides is 2. The van der Waals surface area contributed by atoms with Gasteiger partial charge in [0.05, 0.1) is 0 Å². The summed E-state index contributed by atoms with van der Waals surface area (Å²) in [6, 6.07) is -1.15. The van der Waals surface area contributed by atoms with Gasteiger partial charge in [-0.3, -0.25) is 4.79 Å². The minimum Gasteiger partial charge on any atom is -0.480 e. The van der Waals surface area contributed by atoms with Gasteiger partial charge in [0, 0.05) is 12.0 Å². The van der Waals surface area contributed by atoms with Gasteiger partial charge in [-0.1, -0.05) is 5.57 Å². The van der Waals surface area contributed by atoms with Crippen LogP contribution in [0.3, 0.4) is 0 Å². The van der Waals surface area contributed by atoms with Gasteiger partial charge in [-0.25, -0.2) is 14.5 Å². The second-order valence-corrected chi connectivity index (χ2v) is 6.15. The average molecular weight is 281 g/mol. The highest BCUT2D eigenvalue weighted by molar-refractivity contribution is 6.09. The topological polar surface area (TPSA) is 83.9 Å². The van der Waals surface area contributed by atoms with Crippen molar-refractivity contribution in [3.63, 3.8) is 0 Å². The summed E-state index contributed by atoms with van der Waals surface area (Å²) in [5.41, 5.74) is 0.689. The summed E-state index contributed by atoms with van der Waals surface area (Å²) in [6.07, 6.45) is 1.84. The molecule has 2 fully saturated rings. The van der Waals surface area contributed by atoms with Crippen molar-refractivity contribution < 1.29 is 24.2 Å². The lowest BCUT2D eigenvalue weighted by atomic mass is 9.87. The highest BCUT2D eigenvalue weighted by Crippen LogP contribution is 2.36. The number of imide groups is 1. The molecule has 0 unspecified atom stereocenters. The molecule has 0 bridgehead atoms. The zero-order valence-corrected chi connectivity index (χ0v) is 11.9. The number of carbonyl (C=O) groups excluding carboxylic acids is 2. The minimum atomic E-state index is -1.18. The van der Waals surface area contributed by atoms with E-state index in [2.05, 4.69) is 0 Å². The van der Waals surface area contributed by atoms with Gasteiger partial charge < -0.3 is 9.84 Å². The normalized spacial score (nSPS) is 22.9. The van der Waals surface area contributed by atoms with Crippen LogP contribution in [0.5, 0.6) is 0 Å². The second-order valence-electron chi connectivity index (χ2n) is 6.15. The average Bonchev–Trinajstić information content (AvgIpc) is 2.52. The van der Waals surface area contributed by atoms with E-state index in [0.29, 0.717) is 5.57 Å².